The van der Waals surface area contributed by atoms with Gasteiger partial charge in [0.2, 0.25) is 0 Å². The van der Waals surface area contributed by atoms with E-state index in [1.807, 2.05) is 12.1 Å². The van der Waals surface area contributed by atoms with Crippen molar-refractivity contribution in [2.75, 3.05) is 13.2 Å². The largest absolute Gasteiger partial charge is 0.396 e. The maximum absolute atomic E-state index is 9.86. The molecule has 0 spiro atoms. The first-order valence-corrected chi connectivity index (χ1v) is 8.70. The Morgan fingerprint density at radius 2 is 1.81 bits per heavy atom. The molecular formula is C18H26ClNO. The van der Waals surface area contributed by atoms with Gasteiger partial charge >= 0.3 is 0 Å². The van der Waals surface area contributed by atoms with Crippen LogP contribution in [0.15, 0.2) is 24.3 Å². The molecule has 0 radical (unpaired) electrons. The molecule has 3 heteroatoms. The fourth-order valence-electron chi connectivity index (χ4n) is 3.68. The van der Waals surface area contributed by atoms with Crippen molar-refractivity contribution in [1.82, 2.24) is 5.32 Å². The second kappa shape index (κ2) is 6.68. The molecule has 2 nitrogen and oxygen atoms in total. The van der Waals surface area contributed by atoms with E-state index in [0.29, 0.717) is 12.6 Å². The lowest BCUT2D eigenvalue weighted by Gasteiger charge is -2.37. The number of halogens is 1. The second-order valence-electron chi connectivity index (χ2n) is 6.97. The highest BCUT2D eigenvalue weighted by molar-refractivity contribution is 6.30. The Morgan fingerprint density at radius 3 is 2.38 bits per heavy atom. The number of aliphatic hydroxyl groups excluding tert-OH is 1. The Balaban J connectivity index is 1.66. The molecule has 2 saturated carbocycles. The van der Waals surface area contributed by atoms with Crippen LogP contribution in [0.2, 0.25) is 5.02 Å². The molecule has 0 aromatic heterocycles. The highest BCUT2D eigenvalue weighted by atomic mass is 35.5. The fraction of sp³-hybridized carbons (Fsp3) is 0.667. The average Bonchev–Trinajstić information content (AvgIpc) is 3.35. The predicted molar refractivity (Wildman–Crippen MR) is 87.5 cm³/mol. The van der Waals surface area contributed by atoms with Crippen molar-refractivity contribution in [2.24, 2.45) is 11.3 Å². The maximum Gasteiger partial charge on any atom is 0.0499 e. The van der Waals surface area contributed by atoms with Gasteiger partial charge in [-0.25, -0.2) is 0 Å². The van der Waals surface area contributed by atoms with E-state index in [1.165, 1.54) is 37.7 Å². The molecule has 0 aliphatic heterocycles. The summed E-state index contributed by atoms with van der Waals surface area (Å²) < 4.78 is 0. The smallest absolute Gasteiger partial charge is 0.0499 e. The third kappa shape index (κ3) is 3.80. The fourth-order valence-corrected chi connectivity index (χ4v) is 3.80. The molecule has 1 aromatic carbocycles. The summed E-state index contributed by atoms with van der Waals surface area (Å²) >= 11 is 6.00. The number of nitrogens with one attached hydrogen (secondary N) is 1. The van der Waals surface area contributed by atoms with E-state index >= 15 is 0 Å². The third-order valence-electron chi connectivity index (χ3n) is 5.27. The quantitative estimate of drug-likeness (QED) is 0.820. The molecule has 0 bridgehead atoms. The lowest BCUT2D eigenvalue weighted by molar-refractivity contribution is 0.0773. The standard InChI is InChI=1S/C18H26ClNO/c19-16-8-6-15(7-9-16)17(14-4-5-14)20-12-18(13-21)10-2-1-3-11-18/h6-9,14,17,20-21H,1-5,10-13H2. The van der Waals surface area contributed by atoms with Gasteiger partial charge in [0.05, 0.1) is 0 Å². The Labute approximate surface area is 132 Å². The van der Waals surface area contributed by atoms with Gasteiger partial charge in [-0.3, -0.25) is 0 Å². The molecule has 2 aliphatic rings. The molecule has 1 atom stereocenters. The van der Waals surface area contributed by atoms with Gasteiger partial charge in [-0.05, 0) is 49.3 Å². The van der Waals surface area contributed by atoms with Gasteiger partial charge < -0.3 is 10.4 Å². The Kier molecular flexibility index (Phi) is 4.88. The zero-order chi connectivity index (χ0) is 14.7. The first kappa shape index (κ1) is 15.3. The van der Waals surface area contributed by atoms with Gasteiger partial charge in [-0.1, -0.05) is 43.0 Å². The average molecular weight is 308 g/mol. The number of hydrogen-bond acceptors (Lipinski definition) is 2. The third-order valence-corrected chi connectivity index (χ3v) is 5.52. The second-order valence-corrected chi connectivity index (χ2v) is 7.40. The molecule has 0 heterocycles. The zero-order valence-electron chi connectivity index (χ0n) is 12.7. The van der Waals surface area contributed by atoms with E-state index in [1.54, 1.807) is 0 Å². The van der Waals surface area contributed by atoms with E-state index in [2.05, 4.69) is 17.4 Å². The summed E-state index contributed by atoms with van der Waals surface area (Å²) in [6, 6.07) is 8.68. The minimum absolute atomic E-state index is 0.109. The zero-order valence-corrected chi connectivity index (χ0v) is 13.4. The van der Waals surface area contributed by atoms with Crippen LogP contribution in [0.5, 0.6) is 0 Å². The molecule has 2 N–H and O–H groups in total. The minimum Gasteiger partial charge on any atom is -0.396 e. The van der Waals surface area contributed by atoms with Crippen LogP contribution in [-0.4, -0.2) is 18.3 Å². The molecule has 21 heavy (non-hydrogen) atoms. The van der Waals surface area contributed by atoms with Crippen LogP contribution >= 0.6 is 11.6 Å². The molecule has 3 rings (SSSR count). The number of rotatable bonds is 6. The molecule has 0 saturated heterocycles. The van der Waals surface area contributed by atoms with Crippen molar-refractivity contribution in [3.8, 4) is 0 Å². The molecule has 2 aliphatic carbocycles. The lowest BCUT2D eigenvalue weighted by atomic mass is 9.74. The monoisotopic (exact) mass is 307 g/mol. The summed E-state index contributed by atoms with van der Waals surface area (Å²) in [5.41, 5.74) is 1.45. The van der Waals surface area contributed by atoms with Gasteiger partial charge in [0.1, 0.15) is 0 Å². The van der Waals surface area contributed by atoms with Crippen LogP contribution in [0.4, 0.5) is 0 Å². The Morgan fingerprint density at radius 1 is 1.14 bits per heavy atom. The molecule has 2 fully saturated rings. The first-order valence-electron chi connectivity index (χ1n) is 8.32. The molecule has 0 amide bonds. The van der Waals surface area contributed by atoms with Crippen LogP contribution in [0.3, 0.4) is 0 Å². The van der Waals surface area contributed by atoms with Crippen LogP contribution < -0.4 is 5.32 Å². The number of hydrogen-bond donors (Lipinski definition) is 2. The van der Waals surface area contributed by atoms with Crippen LogP contribution in [0.25, 0.3) is 0 Å². The van der Waals surface area contributed by atoms with Crippen molar-refractivity contribution in [3.05, 3.63) is 34.9 Å². The van der Waals surface area contributed by atoms with Crippen LogP contribution in [-0.2, 0) is 0 Å². The molecular weight excluding hydrogens is 282 g/mol. The Hall–Kier alpha value is -0.570. The topological polar surface area (TPSA) is 32.3 Å². The van der Waals surface area contributed by atoms with E-state index in [9.17, 15) is 5.11 Å². The van der Waals surface area contributed by atoms with Crippen molar-refractivity contribution in [2.45, 2.75) is 51.0 Å². The lowest BCUT2D eigenvalue weighted by Crippen LogP contribution is -2.41. The summed E-state index contributed by atoms with van der Waals surface area (Å²) in [7, 11) is 0. The number of benzene rings is 1. The number of aliphatic hydroxyl groups is 1. The van der Waals surface area contributed by atoms with Gasteiger partial charge in [0, 0.05) is 29.6 Å². The minimum atomic E-state index is 0.109. The molecule has 116 valence electrons. The normalized spacial score (nSPS) is 23.0. The predicted octanol–water partition coefficient (Wildman–Crippen LogP) is 4.32. The van der Waals surface area contributed by atoms with Crippen LogP contribution in [0, 0.1) is 11.3 Å². The van der Waals surface area contributed by atoms with Crippen molar-refractivity contribution in [3.63, 3.8) is 0 Å². The van der Waals surface area contributed by atoms with Crippen molar-refractivity contribution >= 4 is 11.6 Å². The summed E-state index contributed by atoms with van der Waals surface area (Å²) in [4.78, 5) is 0. The van der Waals surface area contributed by atoms with E-state index < -0.39 is 0 Å². The van der Waals surface area contributed by atoms with Crippen LogP contribution in [0.1, 0.15) is 56.6 Å². The summed E-state index contributed by atoms with van der Waals surface area (Å²) in [5, 5.41) is 14.4. The maximum atomic E-state index is 9.86. The molecule has 1 unspecified atom stereocenters. The van der Waals surface area contributed by atoms with Crippen molar-refractivity contribution in [1.29, 1.82) is 0 Å². The summed E-state index contributed by atoms with van der Waals surface area (Å²) in [5.74, 6) is 0.755. The van der Waals surface area contributed by atoms with E-state index in [0.717, 1.165) is 30.3 Å². The SMILES string of the molecule is OCC1(CNC(c2ccc(Cl)cc2)C2CC2)CCCCC1. The van der Waals surface area contributed by atoms with Gasteiger partial charge in [-0.15, -0.1) is 0 Å². The van der Waals surface area contributed by atoms with Crippen molar-refractivity contribution < 1.29 is 5.11 Å². The molecule has 1 aromatic rings. The highest BCUT2D eigenvalue weighted by Crippen LogP contribution is 2.42. The van der Waals surface area contributed by atoms with E-state index in [-0.39, 0.29) is 5.41 Å². The van der Waals surface area contributed by atoms with Gasteiger partial charge in [0.25, 0.3) is 0 Å². The highest BCUT2D eigenvalue weighted by Gasteiger charge is 2.36. The summed E-state index contributed by atoms with van der Waals surface area (Å²) in [6.45, 7) is 1.26. The first-order chi connectivity index (χ1) is 10.2. The van der Waals surface area contributed by atoms with Gasteiger partial charge in [-0.2, -0.15) is 0 Å². The summed E-state index contributed by atoms with van der Waals surface area (Å²) in [6.07, 6.45) is 8.79. The van der Waals surface area contributed by atoms with Gasteiger partial charge in [0.15, 0.2) is 0 Å². The Bertz CT molecular complexity index is 449. The van der Waals surface area contributed by atoms with E-state index in [4.69, 9.17) is 11.6 Å².